The number of methoxy groups -OCH3 is 3. The lowest BCUT2D eigenvalue weighted by Gasteiger charge is -2.39. The molecule has 2 fully saturated rings. The lowest BCUT2D eigenvalue weighted by atomic mass is 10.1. The topological polar surface area (TPSA) is 80.8 Å². The minimum absolute atomic E-state index is 0.0902. The molecule has 1 unspecified atom stereocenters. The average Bonchev–Trinajstić information content (AvgIpc) is 2.93. The van der Waals surface area contributed by atoms with Crippen LogP contribution in [-0.2, 0) is 4.74 Å². The van der Waals surface area contributed by atoms with E-state index in [2.05, 4.69) is 4.90 Å². The van der Waals surface area contributed by atoms with Crippen LogP contribution in [0.2, 0.25) is 10.0 Å². The van der Waals surface area contributed by atoms with Gasteiger partial charge in [-0.2, -0.15) is 0 Å². The van der Waals surface area contributed by atoms with Gasteiger partial charge in [0, 0.05) is 56.9 Å². The van der Waals surface area contributed by atoms with Gasteiger partial charge in [0.05, 0.1) is 44.1 Å². The summed E-state index contributed by atoms with van der Waals surface area (Å²) in [6.45, 7) is 4.72. The van der Waals surface area contributed by atoms with Crippen molar-refractivity contribution in [2.75, 3.05) is 73.7 Å². The Kier molecular flexibility index (Phi) is 9.02. The number of hydrogen-bond acceptors (Lipinski definition) is 7. The summed E-state index contributed by atoms with van der Waals surface area (Å²) in [7, 11) is 4.58. The van der Waals surface area contributed by atoms with Crippen LogP contribution in [0.25, 0.3) is 0 Å². The molecule has 0 aromatic heterocycles. The minimum atomic E-state index is -0.113. The Hall–Kier alpha value is -2.72. The molecule has 0 spiro atoms. The van der Waals surface area contributed by atoms with Gasteiger partial charge in [0.25, 0.3) is 11.8 Å². The molecule has 0 N–H and O–H groups in total. The zero-order valence-electron chi connectivity index (χ0n) is 21.2. The van der Waals surface area contributed by atoms with Crippen LogP contribution in [0.3, 0.4) is 0 Å². The molecule has 11 heteroatoms. The zero-order chi connectivity index (χ0) is 26.5. The van der Waals surface area contributed by atoms with E-state index in [4.69, 9.17) is 42.1 Å². The van der Waals surface area contributed by atoms with E-state index in [9.17, 15) is 9.59 Å². The highest BCUT2D eigenvalue weighted by atomic mass is 35.5. The molecule has 2 aliphatic heterocycles. The van der Waals surface area contributed by atoms with Crippen LogP contribution in [0.5, 0.6) is 17.2 Å². The number of piperazine rings is 1. The van der Waals surface area contributed by atoms with E-state index in [1.54, 1.807) is 35.2 Å². The molecule has 2 amide bonds. The largest absolute Gasteiger partial charge is 0.493 e. The van der Waals surface area contributed by atoms with Gasteiger partial charge in [0.2, 0.25) is 5.75 Å². The number of ether oxygens (including phenoxy) is 4. The highest BCUT2D eigenvalue weighted by Crippen LogP contribution is 2.38. The third-order valence-electron chi connectivity index (χ3n) is 6.63. The summed E-state index contributed by atoms with van der Waals surface area (Å²) in [5.74, 6) is 1.15. The molecule has 200 valence electrons. The zero-order valence-corrected chi connectivity index (χ0v) is 22.7. The van der Waals surface area contributed by atoms with Gasteiger partial charge in [-0.1, -0.05) is 23.2 Å². The van der Waals surface area contributed by atoms with Crippen LogP contribution < -0.4 is 14.2 Å². The van der Waals surface area contributed by atoms with Crippen LogP contribution in [0, 0.1) is 0 Å². The lowest BCUT2D eigenvalue weighted by Crippen LogP contribution is -2.54. The van der Waals surface area contributed by atoms with Crippen LogP contribution >= 0.6 is 23.2 Å². The molecule has 0 aliphatic carbocycles. The third kappa shape index (κ3) is 6.23. The average molecular weight is 552 g/mol. The molecular weight excluding hydrogens is 521 g/mol. The Morgan fingerprint density at radius 3 is 2.08 bits per heavy atom. The number of carbonyl (C=O) groups excluding carboxylic acids is 2. The van der Waals surface area contributed by atoms with Gasteiger partial charge in [0.15, 0.2) is 11.5 Å². The Morgan fingerprint density at radius 2 is 1.49 bits per heavy atom. The molecule has 2 aromatic rings. The van der Waals surface area contributed by atoms with Crippen molar-refractivity contribution >= 4 is 35.0 Å². The summed E-state index contributed by atoms with van der Waals surface area (Å²) < 4.78 is 22.1. The van der Waals surface area contributed by atoms with E-state index in [1.165, 1.54) is 21.3 Å². The number of halogens is 2. The van der Waals surface area contributed by atoms with Crippen LogP contribution in [0.15, 0.2) is 30.3 Å². The number of morpholine rings is 1. The maximum absolute atomic E-state index is 13.2. The summed E-state index contributed by atoms with van der Waals surface area (Å²) in [6.07, 6.45) is -0.113. The second kappa shape index (κ2) is 12.2. The van der Waals surface area contributed by atoms with Crippen molar-refractivity contribution in [3.05, 3.63) is 51.5 Å². The minimum Gasteiger partial charge on any atom is -0.493 e. The number of nitrogens with zero attached hydrogens (tertiary/aromatic N) is 3. The van der Waals surface area contributed by atoms with Crippen molar-refractivity contribution in [2.24, 2.45) is 0 Å². The molecule has 4 rings (SSSR count). The van der Waals surface area contributed by atoms with Gasteiger partial charge in [-0.05, 0) is 30.3 Å². The van der Waals surface area contributed by atoms with E-state index >= 15 is 0 Å². The molecule has 0 saturated carbocycles. The number of benzene rings is 2. The third-order valence-corrected chi connectivity index (χ3v) is 7.36. The van der Waals surface area contributed by atoms with Crippen LogP contribution in [-0.4, -0.2) is 106 Å². The monoisotopic (exact) mass is 551 g/mol. The van der Waals surface area contributed by atoms with Crippen molar-refractivity contribution < 1.29 is 28.5 Å². The van der Waals surface area contributed by atoms with Crippen LogP contribution in [0.4, 0.5) is 0 Å². The van der Waals surface area contributed by atoms with Crippen molar-refractivity contribution in [2.45, 2.75) is 6.10 Å². The maximum atomic E-state index is 13.2. The number of amides is 2. The van der Waals surface area contributed by atoms with Gasteiger partial charge in [0.1, 0.15) is 0 Å². The number of hydrogen-bond donors (Lipinski definition) is 0. The molecule has 2 aromatic carbocycles. The molecule has 9 nitrogen and oxygen atoms in total. The van der Waals surface area contributed by atoms with Gasteiger partial charge >= 0.3 is 0 Å². The summed E-state index contributed by atoms with van der Waals surface area (Å²) in [6, 6.07) is 8.26. The van der Waals surface area contributed by atoms with Gasteiger partial charge in [-0.25, -0.2) is 0 Å². The van der Waals surface area contributed by atoms with Gasteiger partial charge < -0.3 is 28.7 Å². The van der Waals surface area contributed by atoms with Gasteiger partial charge in [-0.15, -0.1) is 0 Å². The van der Waals surface area contributed by atoms with Crippen LogP contribution in [0.1, 0.15) is 20.7 Å². The number of rotatable bonds is 7. The summed E-state index contributed by atoms with van der Waals surface area (Å²) >= 11 is 12.1. The van der Waals surface area contributed by atoms with Crippen molar-refractivity contribution in [1.82, 2.24) is 14.7 Å². The standard InChI is InChI=1S/C26H31Cl2N3O6/c1-34-22-13-18(14-23(35-2)24(22)36-3)26(33)30-8-6-29(7-9-30)15-19-16-31(10-11-37-19)25(32)17-4-5-20(27)21(28)12-17/h4-5,12-14,19H,6-11,15-16H2,1-3H3. The fourth-order valence-corrected chi connectivity index (χ4v) is 4.93. The molecule has 2 heterocycles. The first-order chi connectivity index (χ1) is 17.8. The highest BCUT2D eigenvalue weighted by molar-refractivity contribution is 6.42. The first-order valence-corrected chi connectivity index (χ1v) is 12.8. The van der Waals surface area contributed by atoms with E-state index < -0.39 is 0 Å². The Labute approximate surface area is 226 Å². The molecular formula is C26H31Cl2N3O6. The van der Waals surface area contributed by atoms with Crippen molar-refractivity contribution in [3.63, 3.8) is 0 Å². The Balaban J connectivity index is 1.32. The van der Waals surface area contributed by atoms with Crippen molar-refractivity contribution in [3.8, 4) is 17.2 Å². The molecule has 2 aliphatic rings. The van der Waals surface area contributed by atoms with Gasteiger partial charge in [-0.3, -0.25) is 14.5 Å². The summed E-state index contributed by atoms with van der Waals surface area (Å²) in [5, 5.41) is 0.775. The highest BCUT2D eigenvalue weighted by Gasteiger charge is 2.30. The predicted octanol–water partition coefficient (Wildman–Crippen LogP) is 3.32. The first-order valence-electron chi connectivity index (χ1n) is 12.0. The molecule has 0 bridgehead atoms. The Morgan fingerprint density at radius 1 is 0.838 bits per heavy atom. The fourth-order valence-electron chi connectivity index (χ4n) is 4.63. The molecule has 2 saturated heterocycles. The lowest BCUT2D eigenvalue weighted by molar-refractivity contribution is -0.0399. The molecule has 1 atom stereocenters. The van der Waals surface area contributed by atoms with Crippen molar-refractivity contribution in [1.29, 1.82) is 0 Å². The second-order valence-electron chi connectivity index (χ2n) is 8.88. The fraction of sp³-hybridized carbons (Fsp3) is 0.462. The van der Waals surface area contributed by atoms with E-state index in [1.807, 2.05) is 4.90 Å². The SMILES string of the molecule is COc1cc(C(=O)N2CCN(CC3CN(C(=O)c4ccc(Cl)c(Cl)c4)CCO3)CC2)cc(OC)c1OC. The smallest absolute Gasteiger partial charge is 0.254 e. The van der Waals surface area contributed by atoms with E-state index in [0.29, 0.717) is 90.8 Å². The van der Waals surface area contributed by atoms with E-state index in [0.717, 1.165) is 0 Å². The number of carbonyl (C=O) groups is 2. The Bertz CT molecular complexity index is 1110. The molecule has 0 radical (unpaired) electrons. The molecule has 37 heavy (non-hydrogen) atoms. The predicted molar refractivity (Wildman–Crippen MR) is 141 cm³/mol. The van der Waals surface area contributed by atoms with E-state index in [-0.39, 0.29) is 17.9 Å². The summed E-state index contributed by atoms with van der Waals surface area (Å²) in [4.78, 5) is 32.0. The second-order valence-corrected chi connectivity index (χ2v) is 9.69. The maximum Gasteiger partial charge on any atom is 0.254 e. The normalized spacial score (nSPS) is 18.5. The quantitative estimate of drug-likeness (QED) is 0.522. The summed E-state index contributed by atoms with van der Waals surface area (Å²) in [5.41, 5.74) is 0.990. The first kappa shape index (κ1) is 27.3.